The second-order valence-electron chi connectivity index (χ2n) is 8.75. The number of hydrogen-bond donors (Lipinski definition) is 2. The summed E-state index contributed by atoms with van der Waals surface area (Å²) in [6, 6.07) is 12.6. The lowest BCUT2D eigenvalue weighted by Gasteiger charge is -2.11. The van der Waals surface area contributed by atoms with E-state index in [1.807, 2.05) is 32.0 Å². The number of aromatic nitrogens is 5. The summed E-state index contributed by atoms with van der Waals surface area (Å²) in [6.45, 7) is 8.09. The summed E-state index contributed by atoms with van der Waals surface area (Å²) in [6.07, 6.45) is 2.71. The van der Waals surface area contributed by atoms with Gasteiger partial charge in [-0.3, -0.25) is 25.2 Å². The van der Waals surface area contributed by atoms with Crippen molar-refractivity contribution in [3.8, 4) is 5.69 Å². The number of nitrogens with one attached hydrogen (secondary N) is 2. The summed E-state index contributed by atoms with van der Waals surface area (Å²) in [5.41, 5.74) is 7.93. The van der Waals surface area contributed by atoms with Gasteiger partial charge in [0.2, 0.25) is 0 Å². The van der Waals surface area contributed by atoms with Crippen LogP contribution >= 0.6 is 0 Å². The summed E-state index contributed by atoms with van der Waals surface area (Å²) in [5, 5.41) is 13.8. The van der Waals surface area contributed by atoms with Gasteiger partial charge in [0.25, 0.3) is 17.4 Å². The second kappa shape index (κ2) is 10.5. The third kappa shape index (κ3) is 5.02. The van der Waals surface area contributed by atoms with Crippen LogP contribution in [0, 0.1) is 20.8 Å². The third-order valence-electron chi connectivity index (χ3n) is 5.91. The van der Waals surface area contributed by atoms with Crippen LogP contribution in [0.4, 0.5) is 0 Å². The molecule has 0 radical (unpaired) electrons. The zero-order valence-electron chi connectivity index (χ0n) is 20.8. The Balaban J connectivity index is 1.55. The Hall–Kier alpha value is -4.34. The van der Waals surface area contributed by atoms with Crippen molar-refractivity contribution in [1.29, 1.82) is 0 Å². The van der Waals surface area contributed by atoms with Crippen molar-refractivity contribution in [3.05, 3.63) is 81.0 Å². The normalized spacial score (nSPS) is 11.0. The maximum atomic E-state index is 13.0. The lowest BCUT2D eigenvalue weighted by Crippen LogP contribution is -2.43. The summed E-state index contributed by atoms with van der Waals surface area (Å²) in [5.74, 6) is -1.25. The van der Waals surface area contributed by atoms with Gasteiger partial charge in [-0.2, -0.15) is 15.0 Å². The van der Waals surface area contributed by atoms with Crippen molar-refractivity contribution >= 4 is 22.6 Å². The van der Waals surface area contributed by atoms with Crippen LogP contribution in [0.3, 0.4) is 0 Å². The highest BCUT2D eigenvalue weighted by Gasteiger charge is 2.20. The number of carbonyl (C=O) groups excluding carboxylic acids is 2. The Kier molecular flexibility index (Phi) is 7.23. The third-order valence-corrected chi connectivity index (χ3v) is 5.91. The fourth-order valence-corrected chi connectivity index (χ4v) is 4.02. The minimum absolute atomic E-state index is 0.0534. The van der Waals surface area contributed by atoms with E-state index in [-0.39, 0.29) is 16.9 Å². The van der Waals surface area contributed by atoms with E-state index in [9.17, 15) is 14.4 Å². The number of aryl methyl sites for hydroxylation is 4. The molecule has 10 heteroatoms. The molecule has 4 aromatic rings. The molecule has 4 rings (SSSR count). The number of unbranched alkanes of at least 4 members (excludes halogenated alkanes) is 2. The van der Waals surface area contributed by atoms with E-state index in [0.717, 1.165) is 36.1 Å². The SMILES string of the molecule is CCCCCn1nc(C(=O)NNC(=O)c2nn(-c3ccc(C)cc3C)nc2C)c2ccccc2c1=O. The van der Waals surface area contributed by atoms with Gasteiger partial charge in [-0.05, 0) is 44.9 Å². The molecule has 0 fully saturated rings. The smallest absolute Gasteiger partial charge is 0.267 e. The Morgan fingerprint density at radius 2 is 1.56 bits per heavy atom. The molecule has 0 unspecified atom stereocenters. The molecule has 186 valence electrons. The number of fused-ring (bicyclic) bond motifs is 1. The van der Waals surface area contributed by atoms with Crippen LogP contribution in [-0.2, 0) is 6.54 Å². The largest absolute Gasteiger partial charge is 0.292 e. The minimum atomic E-state index is -0.636. The fourth-order valence-electron chi connectivity index (χ4n) is 4.02. The minimum Gasteiger partial charge on any atom is -0.267 e. The number of rotatable bonds is 7. The lowest BCUT2D eigenvalue weighted by molar-refractivity contribution is 0.0840. The van der Waals surface area contributed by atoms with Gasteiger partial charge in [0, 0.05) is 11.9 Å². The molecular formula is C26H29N7O3. The molecule has 0 saturated carbocycles. The molecule has 2 N–H and O–H groups in total. The first-order chi connectivity index (χ1) is 17.3. The molecule has 2 heterocycles. The highest BCUT2D eigenvalue weighted by molar-refractivity contribution is 6.05. The predicted octanol–water partition coefficient (Wildman–Crippen LogP) is 3.17. The van der Waals surface area contributed by atoms with Gasteiger partial charge in [0.15, 0.2) is 11.4 Å². The number of carbonyl (C=O) groups is 2. The van der Waals surface area contributed by atoms with Crippen molar-refractivity contribution in [2.24, 2.45) is 0 Å². The van der Waals surface area contributed by atoms with Gasteiger partial charge in [0.05, 0.1) is 16.8 Å². The van der Waals surface area contributed by atoms with Crippen LogP contribution in [0.2, 0.25) is 0 Å². The summed E-state index contributed by atoms with van der Waals surface area (Å²) >= 11 is 0. The molecule has 10 nitrogen and oxygen atoms in total. The standard InChI is InChI=1S/C26H29N7O3/c1-5-6-9-14-32-26(36)20-11-8-7-10-19(20)23(30-32)25(35)28-27-24(34)22-18(4)29-33(31-22)21-13-12-16(2)15-17(21)3/h7-8,10-13,15H,5-6,9,14H2,1-4H3,(H,27,34)(H,28,35). The summed E-state index contributed by atoms with van der Waals surface area (Å²) in [7, 11) is 0. The van der Waals surface area contributed by atoms with E-state index >= 15 is 0 Å². The molecule has 0 bridgehead atoms. The van der Waals surface area contributed by atoms with Gasteiger partial charge in [-0.1, -0.05) is 55.7 Å². The first-order valence-corrected chi connectivity index (χ1v) is 11.9. The number of nitrogens with zero attached hydrogens (tertiary/aromatic N) is 5. The van der Waals surface area contributed by atoms with E-state index in [0.29, 0.717) is 23.0 Å². The predicted molar refractivity (Wildman–Crippen MR) is 136 cm³/mol. The van der Waals surface area contributed by atoms with Crippen LogP contribution in [0.15, 0.2) is 47.3 Å². The molecule has 0 aliphatic heterocycles. The fraction of sp³-hybridized carbons (Fsp3) is 0.308. The molecule has 2 amide bonds. The van der Waals surface area contributed by atoms with Crippen molar-refractivity contribution < 1.29 is 9.59 Å². The quantitative estimate of drug-likeness (QED) is 0.305. The van der Waals surface area contributed by atoms with Crippen molar-refractivity contribution in [2.75, 3.05) is 0 Å². The zero-order valence-corrected chi connectivity index (χ0v) is 20.8. The van der Waals surface area contributed by atoms with Gasteiger partial charge in [0.1, 0.15) is 0 Å². The monoisotopic (exact) mass is 487 g/mol. The van der Waals surface area contributed by atoms with Crippen LogP contribution in [0.25, 0.3) is 16.5 Å². The van der Waals surface area contributed by atoms with Crippen molar-refractivity contribution in [2.45, 2.75) is 53.5 Å². The Morgan fingerprint density at radius 1 is 0.861 bits per heavy atom. The molecule has 2 aromatic heterocycles. The highest BCUT2D eigenvalue weighted by Crippen LogP contribution is 2.16. The lowest BCUT2D eigenvalue weighted by atomic mass is 10.1. The Labute approximate surface area is 208 Å². The summed E-state index contributed by atoms with van der Waals surface area (Å²) in [4.78, 5) is 40.1. The molecule has 2 aromatic carbocycles. The zero-order chi connectivity index (χ0) is 25.8. The number of benzene rings is 2. The number of amides is 2. The van der Waals surface area contributed by atoms with Crippen LogP contribution in [-0.4, -0.2) is 36.6 Å². The molecule has 0 aliphatic carbocycles. The van der Waals surface area contributed by atoms with E-state index in [1.165, 1.54) is 9.48 Å². The molecule has 0 spiro atoms. The maximum absolute atomic E-state index is 13.0. The molecule has 0 saturated heterocycles. The van der Waals surface area contributed by atoms with Gasteiger partial charge in [-0.25, -0.2) is 4.68 Å². The van der Waals surface area contributed by atoms with Gasteiger partial charge < -0.3 is 0 Å². The second-order valence-corrected chi connectivity index (χ2v) is 8.75. The first kappa shape index (κ1) is 24.8. The van der Waals surface area contributed by atoms with Crippen LogP contribution in [0.1, 0.15) is 64.0 Å². The molecule has 0 aliphatic rings. The number of hydrazine groups is 1. The average Bonchev–Trinajstić information content (AvgIpc) is 3.25. The van der Waals surface area contributed by atoms with Crippen molar-refractivity contribution in [1.82, 2.24) is 35.6 Å². The average molecular weight is 488 g/mol. The number of hydrogen-bond acceptors (Lipinski definition) is 6. The Bertz CT molecular complexity index is 1500. The molecular weight excluding hydrogens is 458 g/mol. The topological polar surface area (TPSA) is 124 Å². The van der Waals surface area contributed by atoms with Gasteiger partial charge >= 0.3 is 0 Å². The highest BCUT2D eigenvalue weighted by atomic mass is 16.2. The maximum Gasteiger partial charge on any atom is 0.292 e. The van der Waals surface area contributed by atoms with E-state index in [4.69, 9.17) is 0 Å². The van der Waals surface area contributed by atoms with Crippen LogP contribution in [0.5, 0.6) is 0 Å². The first-order valence-electron chi connectivity index (χ1n) is 11.9. The van der Waals surface area contributed by atoms with E-state index in [1.54, 1.807) is 31.2 Å². The van der Waals surface area contributed by atoms with Gasteiger partial charge in [-0.15, -0.1) is 5.10 Å². The van der Waals surface area contributed by atoms with E-state index < -0.39 is 11.8 Å². The van der Waals surface area contributed by atoms with Crippen molar-refractivity contribution in [3.63, 3.8) is 0 Å². The Morgan fingerprint density at radius 3 is 2.25 bits per heavy atom. The van der Waals surface area contributed by atoms with E-state index in [2.05, 4.69) is 33.1 Å². The van der Waals surface area contributed by atoms with Crippen LogP contribution < -0.4 is 16.4 Å². The molecule has 0 atom stereocenters. The summed E-state index contributed by atoms with van der Waals surface area (Å²) < 4.78 is 1.31. The molecule has 36 heavy (non-hydrogen) atoms.